The van der Waals surface area contributed by atoms with Crippen molar-refractivity contribution in [3.8, 4) is 5.75 Å². The Balaban J connectivity index is 2.10. The van der Waals surface area contributed by atoms with E-state index in [1.807, 2.05) is 32.0 Å². The molecule has 0 aliphatic carbocycles. The molecule has 0 saturated carbocycles. The quantitative estimate of drug-likeness (QED) is 0.901. The Morgan fingerprint density at radius 3 is 2.89 bits per heavy atom. The number of ether oxygens (including phenoxy) is 1. The number of nitrogens with zero attached hydrogens (tertiary/aromatic N) is 1. The van der Waals surface area contributed by atoms with E-state index in [4.69, 9.17) is 10.5 Å². The molecule has 1 unspecified atom stereocenters. The number of rotatable bonds is 5. The molecule has 4 heteroatoms. The van der Waals surface area contributed by atoms with E-state index in [0.717, 1.165) is 23.6 Å². The molecule has 2 aromatic rings. The number of aryl methyl sites for hydroxylation is 1. The van der Waals surface area contributed by atoms with E-state index in [0.29, 0.717) is 6.61 Å². The average Bonchev–Trinajstić information content (AvgIpc) is 2.80. The van der Waals surface area contributed by atoms with Gasteiger partial charge in [-0.3, -0.25) is 4.98 Å². The summed E-state index contributed by atoms with van der Waals surface area (Å²) in [5.74, 6) is 0.839. The van der Waals surface area contributed by atoms with Gasteiger partial charge in [0.1, 0.15) is 12.4 Å². The van der Waals surface area contributed by atoms with Gasteiger partial charge >= 0.3 is 0 Å². The van der Waals surface area contributed by atoms with Crippen molar-refractivity contribution < 1.29 is 4.74 Å². The molecule has 0 aliphatic heterocycles. The zero-order valence-electron chi connectivity index (χ0n) is 10.7. The van der Waals surface area contributed by atoms with E-state index >= 15 is 0 Å². The molecule has 2 rings (SSSR count). The minimum absolute atomic E-state index is 0.0865. The lowest BCUT2D eigenvalue weighted by molar-refractivity contribution is 0.304. The van der Waals surface area contributed by atoms with E-state index in [-0.39, 0.29) is 6.04 Å². The van der Waals surface area contributed by atoms with Gasteiger partial charge in [-0.1, -0.05) is 6.07 Å². The molecule has 96 valence electrons. The van der Waals surface area contributed by atoms with Crippen molar-refractivity contribution in [2.45, 2.75) is 32.9 Å². The Bertz CT molecular complexity index is 495. The van der Waals surface area contributed by atoms with Crippen molar-refractivity contribution in [1.29, 1.82) is 0 Å². The van der Waals surface area contributed by atoms with Gasteiger partial charge < -0.3 is 10.5 Å². The normalized spacial score (nSPS) is 12.4. The topological polar surface area (TPSA) is 48.1 Å². The summed E-state index contributed by atoms with van der Waals surface area (Å²) in [7, 11) is 0. The third-order valence-electron chi connectivity index (χ3n) is 2.54. The molecule has 2 heterocycles. The van der Waals surface area contributed by atoms with E-state index in [1.165, 1.54) is 4.88 Å². The molecular weight excluding hydrogens is 244 g/mol. The van der Waals surface area contributed by atoms with Crippen LogP contribution in [-0.4, -0.2) is 11.0 Å². The zero-order chi connectivity index (χ0) is 13.0. The van der Waals surface area contributed by atoms with E-state index in [9.17, 15) is 0 Å². The third-order valence-corrected chi connectivity index (χ3v) is 3.39. The van der Waals surface area contributed by atoms with Gasteiger partial charge in [0, 0.05) is 23.0 Å². The molecule has 0 saturated heterocycles. The summed E-state index contributed by atoms with van der Waals surface area (Å²) < 4.78 is 5.83. The van der Waals surface area contributed by atoms with Crippen LogP contribution in [0.5, 0.6) is 5.75 Å². The molecule has 0 aliphatic rings. The fourth-order valence-corrected chi connectivity index (χ4v) is 2.34. The predicted octanol–water partition coefficient (Wildman–Crippen LogP) is 2.92. The minimum Gasteiger partial charge on any atom is -0.486 e. The first-order valence-corrected chi connectivity index (χ1v) is 6.90. The molecular formula is C14H18N2OS. The Labute approximate surface area is 112 Å². The van der Waals surface area contributed by atoms with Crippen LogP contribution in [0, 0.1) is 6.92 Å². The number of aromatic nitrogens is 1. The number of hydrogen-bond donors (Lipinski definition) is 1. The minimum atomic E-state index is 0.0865. The van der Waals surface area contributed by atoms with Gasteiger partial charge in [0.2, 0.25) is 0 Å². The molecule has 0 spiro atoms. The van der Waals surface area contributed by atoms with Crippen molar-refractivity contribution in [3.63, 3.8) is 0 Å². The summed E-state index contributed by atoms with van der Waals surface area (Å²) in [6.45, 7) is 4.55. The fourth-order valence-electron chi connectivity index (χ4n) is 1.72. The Morgan fingerprint density at radius 2 is 2.22 bits per heavy atom. The molecule has 0 bridgehead atoms. The highest BCUT2D eigenvalue weighted by Crippen LogP contribution is 2.20. The number of hydrogen-bond acceptors (Lipinski definition) is 4. The maximum absolute atomic E-state index is 5.84. The Morgan fingerprint density at radius 1 is 1.39 bits per heavy atom. The lowest BCUT2D eigenvalue weighted by Crippen LogP contribution is -2.19. The molecule has 0 radical (unpaired) electrons. The van der Waals surface area contributed by atoms with Gasteiger partial charge in [-0.15, -0.1) is 11.3 Å². The summed E-state index contributed by atoms with van der Waals surface area (Å²) in [6, 6.07) is 8.13. The van der Waals surface area contributed by atoms with Crippen molar-refractivity contribution >= 4 is 11.3 Å². The highest BCUT2D eigenvalue weighted by atomic mass is 32.1. The second-order valence-corrected chi connectivity index (χ2v) is 5.48. The fraction of sp³-hybridized carbons (Fsp3) is 0.357. The maximum Gasteiger partial charge on any atom is 0.141 e. The number of nitrogens with two attached hydrogens (primary N) is 1. The highest BCUT2D eigenvalue weighted by molar-refractivity contribution is 7.09. The van der Waals surface area contributed by atoms with Gasteiger partial charge in [0.15, 0.2) is 0 Å². The first-order chi connectivity index (χ1) is 8.65. The van der Waals surface area contributed by atoms with Crippen LogP contribution in [0.4, 0.5) is 0 Å². The first-order valence-electron chi connectivity index (χ1n) is 6.02. The third kappa shape index (κ3) is 3.55. The average molecular weight is 262 g/mol. The second kappa shape index (κ2) is 5.98. The SMILES string of the molecule is Cc1ccc(OCc2cccs2)c(CC(C)N)n1. The Hall–Kier alpha value is -1.39. The molecule has 2 aromatic heterocycles. The summed E-state index contributed by atoms with van der Waals surface area (Å²) in [6.07, 6.45) is 0.738. The smallest absolute Gasteiger partial charge is 0.141 e. The first kappa shape index (κ1) is 13.1. The van der Waals surface area contributed by atoms with Crippen LogP contribution in [0.3, 0.4) is 0 Å². The van der Waals surface area contributed by atoms with E-state index in [2.05, 4.69) is 16.4 Å². The largest absolute Gasteiger partial charge is 0.486 e. The molecule has 2 N–H and O–H groups in total. The molecule has 0 fully saturated rings. The number of thiophene rings is 1. The molecule has 0 amide bonds. The highest BCUT2D eigenvalue weighted by Gasteiger charge is 2.08. The van der Waals surface area contributed by atoms with Gasteiger partial charge in [-0.05, 0) is 37.4 Å². The van der Waals surface area contributed by atoms with Crippen LogP contribution in [0.2, 0.25) is 0 Å². The standard InChI is InChI=1S/C14H18N2OS/c1-10(15)8-13-14(6-5-11(2)16-13)17-9-12-4-3-7-18-12/h3-7,10H,8-9,15H2,1-2H3. The van der Waals surface area contributed by atoms with Crippen LogP contribution < -0.4 is 10.5 Å². The van der Waals surface area contributed by atoms with Crippen LogP contribution in [-0.2, 0) is 13.0 Å². The molecule has 1 atom stereocenters. The van der Waals surface area contributed by atoms with Crippen molar-refractivity contribution in [1.82, 2.24) is 4.98 Å². The van der Waals surface area contributed by atoms with Crippen LogP contribution in [0.1, 0.15) is 23.2 Å². The van der Waals surface area contributed by atoms with Gasteiger partial charge in [0.25, 0.3) is 0 Å². The van der Waals surface area contributed by atoms with Gasteiger partial charge in [-0.25, -0.2) is 0 Å². The number of pyridine rings is 1. The van der Waals surface area contributed by atoms with Crippen molar-refractivity contribution in [2.75, 3.05) is 0 Å². The summed E-state index contributed by atoms with van der Waals surface area (Å²) in [4.78, 5) is 5.72. The van der Waals surface area contributed by atoms with Crippen LogP contribution >= 0.6 is 11.3 Å². The predicted molar refractivity (Wildman–Crippen MR) is 75.0 cm³/mol. The summed E-state index contributed by atoms with van der Waals surface area (Å²) in [5, 5.41) is 2.05. The summed E-state index contributed by atoms with van der Waals surface area (Å²) in [5.41, 5.74) is 7.78. The molecule has 18 heavy (non-hydrogen) atoms. The van der Waals surface area contributed by atoms with E-state index < -0.39 is 0 Å². The summed E-state index contributed by atoms with van der Waals surface area (Å²) >= 11 is 1.69. The van der Waals surface area contributed by atoms with E-state index in [1.54, 1.807) is 11.3 Å². The van der Waals surface area contributed by atoms with Crippen molar-refractivity contribution in [2.24, 2.45) is 5.73 Å². The lowest BCUT2D eigenvalue weighted by atomic mass is 10.1. The van der Waals surface area contributed by atoms with Crippen LogP contribution in [0.15, 0.2) is 29.6 Å². The molecule has 3 nitrogen and oxygen atoms in total. The van der Waals surface area contributed by atoms with Crippen LogP contribution in [0.25, 0.3) is 0 Å². The van der Waals surface area contributed by atoms with Crippen molar-refractivity contribution in [3.05, 3.63) is 45.9 Å². The Kier molecular flexibility index (Phi) is 4.33. The molecule has 0 aromatic carbocycles. The second-order valence-electron chi connectivity index (χ2n) is 4.45. The maximum atomic E-state index is 5.84. The monoisotopic (exact) mass is 262 g/mol. The zero-order valence-corrected chi connectivity index (χ0v) is 11.5. The van der Waals surface area contributed by atoms with Gasteiger partial charge in [0.05, 0.1) is 5.69 Å². The lowest BCUT2D eigenvalue weighted by Gasteiger charge is -2.12. The van der Waals surface area contributed by atoms with Gasteiger partial charge in [-0.2, -0.15) is 0 Å².